The lowest BCUT2D eigenvalue weighted by atomic mass is 10.1. The summed E-state index contributed by atoms with van der Waals surface area (Å²) in [5.74, 6) is -0.187. The van der Waals surface area contributed by atoms with Gasteiger partial charge in [-0.3, -0.25) is 9.10 Å². The third kappa shape index (κ3) is 6.11. The molecule has 0 saturated heterocycles. The summed E-state index contributed by atoms with van der Waals surface area (Å²) < 4.78 is 40.2. The van der Waals surface area contributed by atoms with E-state index < -0.39 is 28.0 Å². The van der Waals surface area contributed by atoms with E-state index in [4.69, 9.17) is 14.2 Å². The molecule has 1 amide bonds. The number of rotatable bonds is 9. The summed E-state index contributed by atoms with van der Waals surface area (Å²) >= 11 is 0. The van der Waals surface area contributed by atoms with Gasteiger partial charge in [0, 0.05) is 7.05 Å². The molecule has 2 rings (SSSR count). The summed E-state index contributed by atoms with van der Waals surface area (Å²) in [6.07, 6.45) is 0.652. The minimum Gasteiger partial charge on any atom is -0.495 e. The van der Waals surface area contributed by atoms with Gasteiger partial charge in [-0.15, -0.1) is 0 Å². The maximum atomic E-state index is 12.8. The molecule has 9 nitrogen and oxygen atoms in total. The van der Waals surface area contributed by atoms with Gasteiger partial charge in [-0.05, 0) is 48.9 Å². The van der Waals surface area contributed by atoms with Crippen LogP contribution in [-0.2, 0) is 19.6 Å². The zero-order valence-corrected chi connectivity index (χ0v) is 18.9. The van der Waals surface area contributed by atoms with Crippen LogP contribution in [0.1, 0.15) is 23.7 Å². The second kappa shape index (κ2) is 10.2. The normalized spacial score (nSPS) is 11.9. The van der Waals surface area contributed by atoms with Gasteiger partial charge in [0.15, 0.2) is 6.10 Å². The van der Waals surface area contributed by atoms with Crippen LogP contribution >= 0.6 is 0 Å². The van der Waals surface area contributed by atoms with Gasteiger partial charge in [-0.1, -0.05) is 6.92 Å². The van der Waals surface area contributed by atoms with Crippen molar-refractivity contribution in [2.75, 3.05) is 37.1 Å². The molecule has 0 fully saturated rings. The van der Waals surface area contributed by atoms with Crippen molar-refractivity contribution in [2.24, 2.45) is 0 Å². The standard InChI is InChI=1S/C21H26N2O7S/c1-6-18(30-16-10-8-15(9-11-16)23(2)31(5,26)27)20(24)22-17-13-14(21(25)29-4)7-12-19(17)28-3/h7-13,18H,6H2,1-5H3,(H,22,24)/t18-/m1/s1. The first-order chi connectivity index (χ1) is 14.6. The minimum absolute atomic E-state index is 0.262. The van der Waals surface area contributed by atoms with E-state index in [0.29, 0.717) is 29.3 Å². The summed E-state index contributed by atoms with van der Waals surface area (Å²) in [6.45, 7) is 1.79. The summed E-state index contributed by atoms with van der Waals surface area (Å²) in [5.41, 5.74) is 1.04. The number of esters is 1. The van der Waals surface area contributed by atoms with Crippen molar-refractivity contribution in [1.82, 2.24) is 0 Å². The summed E-state index contributed by atoms with van der Waals surface area (Å²) in [4.78, 5) is 24.6. The number of sulfonamides is 1. The molecule has 1 atom stereocenters. The molecule has 31 heavy (non-hydrogen) atoms. The van der Waals surface area contributed by atoms with E-state index >= 15 is 0 Å². The van der Waals surface area contributed by atoms with Gasteiger partial charge in [0.05, 0.1) is 37.4 Å². The number of hydrogen-bond donors (Lipinski definition) is 1. The van der Waals surface area contributed by atoms with E-state index in [1.807, 2.05) is 0 Å². The van der Waals surface area contributed by atoms with E-state index in [1.165, 1.54) is 33.4 Å². The van der Waals surface area contributed by atoms with E-state index in [1.54, 1.807) is 37.3 Å². The highest BCUT2D eigenvalue weighted by Crippen LogP contribution is 2.27. The molecule has 2 aromatic rings. The Balaban J connectivity index is 2.16. The van der Waals surface area contributed by atoms with Gasteiger partial charge >= 0.3 is 5.97 Å². The second-order valence-electron chi connectivity index (χ2n) is 6.64. The first-order valence-electron chi connectivity index (χ1n) is 9.38. The van der Waals surface area contributed by atoms with Crippen LogP contribution in [0, 0.1) is 0 Å². The number of ether oxygens (including phenoxy) is 3. The monoisotopic (exact) mass is 450 g/mol. The molecule has 10 heteroatoms. The molecule has 0 radical (unpaired) electrons. The highest BCUT2D eigenvalue weighted by atomic mass is 32.2. The third-order valence-electron chi connectivity index (χ3n) is 4.52. The predicted octanol–water partition coefficient (Wildman–Crippen LogP) is 2.67. The van der Waals surface area contributed by atoms with Crippen molar-refractivity contribution >= 4 is 33.3 Å². The Labute approximate surface area is 182 Å². The smallest absolute Gasteiger partial charge is 0.337 e. The maximum Gasteiger partial charge on any atom is 0.337 e. The quantitative estimate of drug-likeness (QED) is 0.585. The lowest BCUT2D eigenvalue weighted by Gasteiger charge is -2.20. The number of benzene rings is 2. The van der Waals surface area contributed by atoms with Crippen LogP contribution < -0.4 is 19.1 Å². The topological polar surface area (TPSA) is 111 Å². The fraction of sp³-hybridized carbons (Fsp3) is 0.333. The van der Waals surface area contributed by atoms with Crippen LogP contribution in [0.25, 0.3) is 0 Å². The zero-order valence-electron chi connectivity index (χ0n) is 18.0. The van der Waals surface area contributed by atoms with Crippen LogP contribution in [-0.4, -0.2) is 53.9 Å². The highest BCUT2D eigenvalue weighted by Gasteiger charge is 2.21. The highest BCUT2D eigenvalue weighted by molar-refractivity contribution is 7.92. The maximum absolute atomic E-state index is 12.8. The molecule has 0 spiro atoms. The molecule has 0 bridgehead atoms. The zero-order chi connectivity index (χ0) is 23.2. The van der Waals surface area contributed by atoms with Gasteiger partial charge in [0.1, 0.15) is 11.5 Å². The summed E-state index contributed by atoms with van der Waals surface area (Å²) in [6, 6.07) is 10.9. The van der Waals surface area contributed by atoms with Crippen LogP contribution in [0.5, 0.6) is 11.5 Å². The first kappa shape index (κ1) is 24.0. The van der Waals surface area contributed by atoms with Gasteiger partial charge in [0.25, 0.3) is 5.91 Å². The molecule has 1 N–H and O–H groups in total. The molecule has 0 aliphatic heterocycles. The van der Waals surface area contributed by atoms with Crippen molar-refractivity contribution in [2.45, 2.75) is 19.4 Å². The SMILES string of the molecule is CC[C@@H](Oc1ccc(N(C)S(C)(=O)=O)cc1)C(=O)Nc1cc(C(=O)OC)ccc1OC. The Kier molecular flexibility index (Phi) is 7.87. The molecule has 0 saturated carbocycles. The molecule has 0 aliphatic rings. The van der Waals surface area contributed by atoms with Gasteiger partial charge < -0.3 is 19.5 Å². The first-order valence-corrected chi connectivity index (χ1v) is 11.2. The largest absolute Gasteiger partial charge is 0.495 e. The summed E-state index contributed by atoms with van der Waals surface area (Å²) in [5, 5.41) is 2.72. The number of anilines is 2. The Morgan fingerprint density at radius 3 is 2.26 bits per heavy atom. The Hall–Kier alpha value is -3.27. The van der Waals surface area contributed by atoms with Crippen LogP contribution in [0.15, 0.2) is 42.5 Å². The number of methoxy groups -OCH3 is 2. The van der Waals surface area contributed by atoms with Crippen LogP contribution in [0.2, 0.25) is 0 Å². The lowest BCUT2D eigenvalue weighted by Crippen LogP contribution is -2.32. The van der Waals surface area contributed by atoms with Gasteiger partial charge in [0.2, 0.25) is 10.0 Å². The average Bonchev–Trinajstić information content (AvgIpc) is 2.76. The predicted molar refractivity (Wildman–Crippen MR) is 117 cm³/mol. The molecular formula is C21H26N2O7S. The molecule has 2 aromatic carbocycles. The Morgan fingerprint density at radius 2 is 1.74 bits per heavy atom. The molecule has 0 heterocycles. The Bertz CT molecular complexity index is 1040. The minimum atomic E-state index is -3.38. The summed E-state index contributed by atoms with van der Waals surface area (Å²) in [7, 11) is 0.787. The third-order valence-corrected chi connectivity index (χ3v) is 5.72. The van der Waals surface area contributed by atoms with E-state index in [9.17, 15) is 18.0 Å². The lowest BCUT2D eigenvalue weighted by molar-refractivity contribution is -0.122. The Morgan fingerprint density at radius 1 is 1.10 bits per heavy atom. The molecule has 0 aromatic heterocycles. The average molecular weight is 451 g/mol. The van der Waals surface area contributed by atoms with Gasteiger partial charge in [-0.2, -0.15) is 0 Å². The van der Waals surface area contributed by atoms with Gasteiger partial charge in [-0.25, -0.2) is 13.2 Å². The van der Waals surface area contributed by atoms with Crippen molar-refractivity contribution in [3.8, 4) is 11.5 Å². The van der Waals surface area contributed by atoms with Crippen molar-refractivity contribution in [3.05, 3.63) is 48.0 Å². The number of carbonyl (C=O) groups excluding carboxylic acids is 2. The molecule has 168 valence electrons. The van der Waals surface area contributed by atoms with Crippen molar-refractivity contribution < 1.29 is 32.2 Å². The number of hydrogen-bond acceptors (Lipinski definition) is 7. The van der Waals surface area contributed by atoms with E-state index in [-0.39, 0.29) is 5.56 Å². The molecule has 0 aliphatic carbocycles. The van der Waals surface area contributed by atoms with Crippen LogP contribution in [0.4, 0.5) is 11.4 Å². The number of nitrogens with zero attached hydrogens (tertiary/aromatic N) is 1. The fourth-order valence-corrected chi connectivity index (χ4v) is 3.18. The van der Waals surface area contributed by atoms with Crippen molar-refractivity contribution in [1.29, 1.82) is 0 Å². The number of nitrogens with one attached hydrogen (secondary N) is 1. The van der Waals surface area contributed by atoms with Crippen molar-refractivity contribution in [3.63, 3.8) is 0 Å². The number of amides is 1. The fourth-order valence-electron chi connectivity index (χ4n) is 2.68. The van der Waals surface area contributed by atoms with E-state index in [2.05, 4.69) is 5.32 Å². The second-order valence-corrected chi connectivity index (χ2v) is 8.65. The number of carbonyl (C=O) groups is 2. The molecule has 0 unspecified atom stereocenters. The molecular weight excluding hydrogens is 424 g/mol. The van der Waals surface area contributed by atoms with Crippen LogP contribution in [0.3, 0.4) is 0 Å². The van der Waals surface area contributed by atoms with E-state index in [0.717, 1.165) is 10.6 Å².